The lowest BCUT2D eigenvalue weighted by molar-refractivity contribution is 0.547. The Morgan fingerprint density at radius 2 is 1.62 bits per heavy atom. The molecule has 0 N–H and O–H groups in total. The van der Waals surface area contributed by atoms with Gasteiger partial charge in [-0.25, -0.2) is 4.79 Å². The number of hydrogen-bond donors (Lipinski definition) is 0. The van der Waals surface area contributed by atoms with Crippen molar-refractivity contribution in [3.63, 3.8) is 0 Å². The molecule has 4 aromatic rings. The number of benzene rings is 2. The molecule has 4 rings (SSSR count). The Morgan fingerprint density at radius 1 is 0.833 bits per heavy atom. The smallest absolute Gasteiger partial charge is 0.349 e. The predicted molar refractivity (Wildman–Crippen MR) is 96.6 cm³/mol. The highest BCUT2D eigenvalue weighted by atomic mass is 79.9. The average Bonchev–Trinajstić information content (AvgIpc) is 3.04. The van der Waals surface area contributed by atoms with E-state index < -0.39 is 5.63 Å². The van der Waals surface area contributed by atoms with Crippen molar-refractivity contribution in [2.24, 2.45) is 0 Å². The van der Waals surface area contributed by atoms with Crippen LogP contribution in [-0.2, 0) is 0 Å². The summed E-state index contributed by atoms with van der Waals surface area (Å²) in [7, 11) is 0. The third kappa shape index (κ3) is 2.81. The SMILES string of the molecule is O=c1oc2ccc(Br)cc2cc1-c1nnc(-c2cccc(Br)c2)o1. The van der Waals surface area contributed by atoms with Crippen LogP contribution >= 0.6 is 31.9 Å². The first kappa shape index (κ1) is 15.3. The molecule has 0 radical (unpaired) electrons. The first-order chi connectivity index (χ1) is 11.6. The van der Waals surface area contributed by atoms with Crippen LogP contribution in [0.1, 0.15) is 0 Å². The minimum Gasteiger partial charge on any atom is -0.422 e. The minimum absolute atomic E-state index is 0.126. The van der Waals surface area contributed by atoms with E-state index in [9.17, 15) is 4.79 Å². The van der Waals surface area contributed by atoms with Crippen LogP contribution in [0.25, 0.3) is 33.9 Å². The lowest BCUT2D eigenvalue weighted by atomic mass is 10.2. The third-order valence-electron chi connectivity index (χ3n) is 3.42. The van der Waals surface area contributed by atoms with Gasteiger partial charge >= 0.3 is 5.63 Å². The van der Waals surface area contributed by atoms with Gasteiger partial charge in [0, 0.05) is 19.9 Å². The van der Waals surface area contributed by atoms with Gasteiger partial charge in [0.1, 0.15) is 11.1 Å². The Labute approximate surface area is 152 Å². The van der Waals surface area contributed by atoms with E-state index in [0.717, 1.165) is 19.9 Å². The molecule has 0 spiro atoms. The van der Waals surface area contributed by atoms with Gasteiger partial charge in [0.25, 0.3) is 5.89 Å². The van der Waals surface area contributed by atoms with Crippen LogP contribution in [0.2, 0.25) is 0 Å². The number of fused-ring (bicyclic) bond motifs is 1. The van der Waals surface area contributed by atoms with E-state index in [1.165, 1.54) is 0 Å². The fourth-order valence-electron chi connectivity index (χ4n) is 2.31. The zero-order chi connectivity index (χ0) is 16.7. The second-order valence-electron chi connectivity index (χ2n) is 5.05. The molecule has 0 amide bonds. The molecule has 0 atom stereocenters. The van der Waals surface area contributed by atoms with Gasteiger partial charge in [-0.2, -0.15) is 0 Å². The molecule has 2 aromatic carbocycles. The second kappa shape index (κ2) is 5.99. The van der Waals surface area contributed by atoms with E-state index in [1.807, 2.05) is 36.4 Å². The van der Waals surface area contributed by atoms with Crippen molar-refractivity contribution in [2.45, 2.75) is 0 Å². The lowest BCUT2D eigenvalue weighted by Crippen LogP contribution is -2.02. The summed E-state index contributed by atoms with van der Waals surface area (Å²) in [5.74, 6) is 0.459. The fourth-order valence-corrected chi connectivity index (χ4v) is 3.09. The molecule has 0 aliphatic carbocycles. The average molecular weight is 448 g/mol. The van der Waals surface area contributed by atoms with E-state index in [4.69, 9.17) is 8.83 Å². The Bertz CT molecular complexity index is 1120. The van der Waals surface area contributed by atoms with Gasteiger partial charge in [-0.05, 0) is 42.5 Å². The highest BCUT2D eigenvalue weighted by molar-refractivity contribution is 9.10. The molecular weight excluding hydrogens is 440 g/mol. The molecule has 5 nitrogen and oxygen atoms in total. The van der Waals surface area contributed by atoms with Crippen LogP contribution in [0, 0.1) is 0 Å². The molecule has 0 bridgehead atoms. The zero-order valence-electron chi connectivity index (χ0n) is 12.0. The summed E-state index contributed by atoms with van der Waals surface area (Å²) in [6.45, 7) is 0. The highest BCUT2D eigenvalue weighted by Crippen LogP contribution is 2.27. The van der Waals surface area contributed by atoms with Gasteiger partial charge in [-0.1, -0.05) is 37.9 Å². The van der Waals surface area contributed by atoms with Crippen molar-refractivity contribution < 1.29 is 8.83 Å². The Kier molecular flexibility index (Phi) is 3.82. The zero-order valence-corrected chi connectivity index (χ0v) is 15.2. The highest BCUT2D eigenvalue weighted by Gasteiger charge is 2.16. The van der Waals surface area contributed by atoms with Crippen LogP contribution in [0.4, 0.5) is 0 Å². The summed E-state index contributed by atoms with van der Waals surface area (Å²) in [5, 5.41) is 8.76. The van der Waals surface area contributed by atoms with Gasteiger partial charge in [-0.15, -0.1) is 10.2 Å². The molecule has 7 heteroatoms. The van der Waals surface area contributed by atoms with Gasteiger partial charge < -0.3 is 8.83 Å². The lowest BCUT2D eigenvalue weighted by Gasteiger charge is -1.99. The molecular formula is C17H8Br2N2O3. The van der Waals surface area contributed by atoms with E-state index in [-0.39, 0.29) is 11.5 Å². The molecule has 24 heavy (non-hydrogen) atoms. The fraction of sp³-hybridized carbons (Fsp3) is 0. The standard InChI is InChI=1S/C17H8Br2N2O3/c18-11-3-1-2-9(6-11)15-20-21-16(24-15)13-8-10-7-12(19)4-5-14(10)23-17(13)22/h1-8H. The van der Waals surface area contributed by atoms with Crippen molar-refractivity contribution in [1.29, 1.82) is 0 Å². The molecule has 0 saturated heterocycles. The van der Waals surface area contributed by atoms with Gasteiger partial charge in [-0.3, -0.25) is 0 Å². The predicted octanol–water partition coefficient (Wildman–Crippen LogP) is 5.04. The topological polar surface area (TPSA) is 69.1 Å². The maximum Gasteiger partial charge on any atom is 0.349 e. The third-order valence-corrected chi connectivity index (χ3v) is 4.41. The van der Waals surface area contributed by atoms with E-state index in [1.54, 1.807) is 12.1 Å². The van der Waals surface area contributed by atoms with Crippen molar-refractivity contribution in [1.82, 2.24) is 10.2 Å². The summed E-state index contributed by atoms with van der Waals surface area (Å²) in [4.78, 5) is 12.2. The van der Waals surface area contributed by atoms with Crippen LogP contribution in [0.5, 0.6) is 0 Å². The summed E-state index contributed by atoms with van der Waals surface area (Å²) < 4.78 is 12.8. The first-order valence-electron chi connectivity index (χ1n) is 6.93. The van der Waals surface area contributed by atoms with E-state index in [0.29, 0.717) is 11.5 Å². The summed E-state index contributed by atoms with van der Waals surface area (Å²) in [5.41, 5.74) is 0.971. The maximum atomic E-state index is 12.2. The largest absolute Gasteiger partial charge is 0.422 e. The Morgan fingerprint density at radius 3 is 2.46 bits per heavy atom. The first-order valence-corrected chi connectivity index (χ1v) is 8.52. The molecule has 0 aliphatic rings. The summed E-state index contributed by atoms with van der Waals surface area (Å²) in [6.07, 6.45) is 0. The minimum atomic E-state index is -0.519. The summed E-state index contributed by atoms with van der Waals surface area (Å²) in [6, 6.07) is 14.5. The maximum absolute atomic E-state index is 12.2. The normalized spacial score (nSPS) is 11.1. The van der Waals surface area contributed by atoms with Gasteiger partial charge in [0.2, 0.25) is 5.89 Å². The number of nitrogens with zero attached hydrogens (tertiary/aromatic N) is 2. The Hall–Kier alpha value is -2.25. The van der Waals surface area contributed by atoms with Crippen LogP contribution in [-0.4, -0.2) is 10.2 Å². The van der Waals surface area contributed by atoms with Crippen molar-refractivity contribution >= 4 is 42.8 Å². The van der Waals surface area contributed by atoms with Crippen LogP contribution in [0.15, 0.2) is 71.1 Å². The van der Waals surface area contributed by atoms with E-state index in [2.05, 4.69) is 42.1 Å². The van der Waals surface area contributed by atoms with Gasteiger partial charge in [0.05, 0.1) is 0 Å². The molecule has 0 saturated carbocycles. The molecule has 2 aromatic heterocycles. The summed E-state index contributed by atoms with van der Waals surface area (Å²) >= 11 is 6.79. The Balaban J connectivity index is 1.83. The van der Waals surface area contributed by atoms with Crippen molar-refractivity contribution in [2.75, 3.05) is 0 Å². The molecule has 0 fully saturated rings. The molecule has 0 unspecified atom stereocenters. The monoisotopic (exact) mass is 446 g/mol. The second-order valence-corrected chi connectivity index (χ2v) is 6.88. The van der Waals surface area contributed by atoms with Crippen molar-refractivity contribution in [3.05, 3.63) is 67.9 Å². The van der Waals surface area contributed by atoms with Crippen LogP contribution < -0.4 is 5.63 Å². The number of halogens is 2. The van der Waals surface area contributed by atoms with Gasteiger partial charge in [0.15, 0.2) is 0 Å². The molecule has 118 valence electrons. The number of rotatable bonds is 2. The van der Waals surface area contributed by atoms with E-state index >= 15 is 0 Å². The quantitative estimate of drug-likeness (QED) is 0.403. The van der Waals surface area contributed by atoms with Crippen molar-refractivity contribution in [3.8, 4) is 22.9 Å². The number of aromatic nitrogens is 2. The number of hydrogen-bond acceptors (Lipinski definition) is 5. The van der Waals surface area contributed by atoms with Crippen LogP contribution in [0.3, 0.4) is 0 Å². The molecule has 0 aliphatic heterocycles. The molecule has 2 heterocycles.